The van der Waals surface area contributed by atoms with Crippen molar-refractivity contribution in [3.05, 3.63) is 56.4 Å². The average molecular weight is 511 g/mol. The Morgan fingerprint density at radius 3 is 2.69 bits per heavy atom. The van der Waals surface area contributed by atoms with Crippen molar-refractivity contribution in [1.82, 2.24) is 4.90 Å². The second-order valence-corrected chi connectivity index (χ2v) is 9.28. The van der Waals surface area contributed by atoms with Crippen molar-refractivity contribution in [2.75, 3.05) is 25.6 Å². The first-order valence-electron chi connectivity index (χ1n) is 9.55. The molecule has 1 fully saturated rings. The summed E-state index contributed by atoms with van der Waals surface area (Å²) in [4.78, 5) is 26.8. The van der Waals surface area contributed by atoms with Crippen molar-refractivity contribution in [2.45, 2.75) is 13.8 Å². The number of thiocarbonyl (C=S) groups is 1. The molecule has 0 atom stereocenters. The predicted molar refractivity (Wildman–Crippen MR) is 134 cm³/mol. The number of carbonyl (C=O) groups is 2. The van der Waals surface area contributed by atoms with Gasteiger partial charge in [0.05, 0.1) is 17.0 Å². The largest absolute Gasteiger partial charge is 0.493 e. The Morgan fingerprint density at radius 1 is 1.28 bits per heavy atom. The third kappa shape index (κ3) is 5.56. The molecule has 1 saturated heterocycles. The molecule has 3 rings (SSSR count). The van der Waals surface area contributed by atoms with Crippen LogP contribution in [0.1, 0.15) is 18.1 Å². The van der Waals surface area contributed by atoms with Crippen LogP contribution >= 0.6 is 47.2 Å². The molecule has 0 radical (unpaired) electrons. The van der Waals surface area contributed by atoms with Crippen LogP contribution in [0.3, 0.4) is 0 Å². The number of methoxy groups -OCH3 is 1. The SMILES string of the molecule is CCN1C(=O)/C(=C/c2cc(Cl)c(OCC(=O)Nc3cc(Cl)ccc3C)c(OC)c2)SC1=S. The van der Waals surface area contributed by atoms with Gasteiger partial charge in [0, 0.05) is 17.3 Å². The van der Waals surface area contributed by atoms with Gasteiger partial charge in [0.15, 0.2) is 18.1 Å². The minimum atomic E-state index is -0.374. The summed E-state index contributed by atoms with van der Waals surface area (Å²) in [6, 6.07) is 8.54. The Labute approximate surface area is 205 Å². The number of thioether (sulfide) groups is 1. The van der Waals surface area contributed by atoms with Gasteiger partial charge >= 0.3 is 0 Å². The fraction of sp³-hybridized carbons (Fsp3) is 0.227. The summed E-state index contributed by atoms with van der Waals surface area (Å²) in [6.45, 7) is 3.95. The number of benzene rings is 2. The number of amides is 2. The lowest BCUT2D eigenvalue weighted by atomic mass is 10.1. The van der Waals surface area contributed by atoms with Gasteiger partial charge in [-0.1, -0.05) is 53.2 Å². The molecule has 0 unspecified atom stereocenters. The van der Waals surface area contributed by atoms with E-state index in [1.54, 1.807) is 30.3 Å². The predicted octanol–water partition coefficient (Wildman–Crippen LogP) is 5.55. The number of anilines is 1. The zero-order valence-electron chi connectivity index (χ0n) is 17.5. The highest BCUT2D eigenvalue weighted by atomic mass is 35.5. The van der Waals surface area contributed by atoms with Crippen LogP contribution < -0.4 is 14.8 Å². The number of nitrogens with zero attached hydrogens (tertiary/aromatic N) is 1. The highest BCUT2D eigenvalue weighted by Gasteiger charge is 2.30. The van der Waals surface area contributed by atoms with Crippen molar-refractivity contribution >= 4 is 75.1 Å². The van der Waals surface area contributed by atoms with E-state index in [9.17, 15) is 9.59 Å². The molecular weight excluding hydrogens is 491 g/mol. The van der Waals surface area contributed by atoms with Crippen LogP contribution in [0, 0.1) is 6.92 Å². The van der Waals surface area contributed by atoms with E-state index in [1.807, 2.05) is 19.9 Å². The number of ether oxygens (including phenoxy) is 2. The van der Waals surface area contributed by atoms with Crippen LogP contribution in [-0.2, 0) is 9.59 Å². The molecule has 1 N–H and O–H groups in total. The smallest absolute Gasteiger partial charge is 0.266 e. The maximum atomic E-state index is 12.4. The molecule has 2 amide bonds. The second-order valence-electron chi connectivity index (χ2n) is 6.76. The zero-order valence-corrected chi connectivity index (χ0v) is 20.7. The third-order valence-electron chi connectivity index (χ3n) is 4.56. The first kappa shape index (κ1) is 24.4. The average Bonchev–Trinajstić information content (AvgIpc) is 3.01. The Kier molecular flexibility index (Phi) is 8.05. The first-order valence-corrected chi connectivity index (χ1v) is 11.5. The molecule has 0 saturated carbocycles. The Balaban J connectivity index is 1.75. The quantitative estimate of drug-likeness (QED) is 0.389. The molecular formula is C22H20Cl2N2O4S2. The lowest BCUT2D eigenvalue weighted by Gasteiger charge is -2.14. The van der Waals surface area contributed by atoms with Gasteiger partial charge in [-0.25, -0.2) is 0 Å². The van der Waals surface area contributed by atoms with Crippen LogP contribution in [0.4, 0.5) is 5.69 Å². The zero-order chi connectivity index (χ0) is 23.4. The molecule has 1 aliphatic heterocycles. The van der Waals surface area contributed by atoms with Gasteiger partial charge in [-0.3, -0.25) is 14.5 Å². The third-order valence-corrected chi connectivity index (χ3v) is 6.45. The van der Waals surface area contributed by atoms with Crippen LogP contribution in [0.25, 0.3) is 6.08 Å². The van der Waals surface area contributed by atoms with Crippen molar-refractivity contribution in [3.63, 3.8) is 0 Å². The van der Waals surface area contributed by atoms with Gasteiger partial charge in [-0.05, 0) is 55.3 Å². The van der Waals surface area contributed by atoms with Crippen LogP contribution in [0.5, 0.6) is 11.5 Å². The molecule has 1 aliphatic rings. The van der Waals surface area contributed by atoms with Crippen molar-refractivity contribution in [2.24, 2.45) is 0 Å². The van der Waals surface area contributed by atoms with E-state index in [0.29, 0.717) is 37.8 Å². The highest BCUT2D eigenvalue weighted by Crippen LogP contribution is 2.39. The number of likely N-dealkylation sites (N-methyl/N-ethyl adjacent to an activating group) is 1. The van der Waals surface area contributed by atoms with E-state index in [0.717, 1.165) is 5.56 Å². The van der Waals surface area contributed by atoms with E-state index in [4.69, 9.17) is 44.9 Å². The van der Waals surface area contributed by atoms with Crippen molar-refractivity contribution in [1.29, 1.82) is 0 Å². The van der Waals surface area contributed by atoms with Crippen molar-refractivity contribution in [3.8, 4) is 11.5 Å². The lowest BCUT2D eigenvalue weighted by Crippen LogP contribution is -2.27. The molecule has 2 aromatic rings. The minimum Gasteiger partial charge on any atom is -0.493 e. The fourth-order valence-corrected chi connectivity index (χ4v) is 4.77. The van der Waals surface area contributed by atoms with E-state index in [-0.39, 0.29) is 29.2 Å². The molecule has 32 heavy (non-hydrogen) atoms. The summed E-state index contributed by atoms with van der Waals surface area (Å²) >= 11 is 18.9. The van der Waals surface area contributed by atoms with E-state index in [2.05, 4.69) is 5.32 Å². The topological polar surface area (TPSA) is 67.9 Å². The molecule has 0 bridgehead atoms. The number of hydrogen-bond acceptors (Lipinski definition) is 6. The minimum absolute atomic E-state index is 0.147. The molecule has 2 aromatic carbocycles. The summed E-state index contributed by atoms with van der Waals surface area (Å²) in [5.74, 6) is 0.0403. The molecule has 168 valence electrons. The van der Waals surface area contributed by atoms with Gasteiger partial charge in [-0.2, -0.15) is 0 Å². The number of aryl methyl sites for hydroxylation is 1. The van der Waals surface area contributed by atoms with Gasteiger partial charge in [0.25, 0.3) is 11.8 Å². The standard InChI is InChI=1S/C22H20Cl2N2O4S2/c1-4-26-21(28)18(32-22(26)31)9-13-7-15(24)20(17(8-13)29-3)30-11-19(27)25-16-10-14(23)6-5-12(16)2/h5-10H,4,11H2,1-3H3,(H,25,27)/b18-9-. The molecule has 6 nitrogen and oxygen atoms in total. The Morgan fingerprint density at radius 2 is 2.03 bits per heavy atom. The molecule has 10 heteroatoms. The van der Waals surface area contributed by atoms with Gasteiger partial charge < -0.3 is 14.8 Å². The van der Waals surface area contributed by atoms with E-state index in [1.165, 1.54) is 23.8 Å². The summed E-state index contributed by atoms with van der Waals surface area (Å²) in [7, 11) is 1.47. The summed E-state index contributed by atoms with van der Waals surface area (Å²) in [6.07, 6.45) is 1.70. The normalized spacial score (nSPS) is 14.8. The second kappa shape index (κ2) is 10.6. The highest BCUT2D eigenvalue weighted by molar-refractivity contribution is 8.26. The van der Waals surface area contributed by atoms with Gasteiger partial charge in [0.1, 0.15) is 4.32 Å². The number of nitrogens with one attached hydrogen (secondary N) is 1. The van der Waals surface area contributed by atoms with Crippen LogP contribution in [-0.4, -0.2) is 41.3 Å². The monoisotopic (exact) mass is 510 g/mol. The number of halogens is 2. The number of carbonyl (C=O) groups excluding carboxylic acids is 2. The molecule has 1 heterocycles. The number of hydrogen-bond donors (Lipinski definition) is 1. The maximum absolute atomic E-state index is 12.4. The maximum Gasteiger partial charge on any atom is 0.266 e. The molecule has 0 aliphatic carbocycles. The van der Waals surface area contributed by atoms with Crippen molar-refractivity contribution < 1.29 is 19.1 Å². The van der Waals surface area contributed by atoms with E-state index >= 15 is 0 Å². The fourth-order valence-electron chi connectivity index (χ4n) is 2.94. The van der Waals surface area contributed by atoms with Gasteiger partial charge in [0.2, 0.25) is 0 Å². The van der Waals surface area contributed by atoms with Gasteiger partial charge in [-0.15, -0.1) is 0 Å². The number of rotatable bonds is 7. The van der Waals surface area contributed by atoms with E-state index < -0.39 is 0 Å². The van der Waals surface area contributed by atoms with Crippen LogP contribution in [0.2, 0.25) is 10.0 Å². The van der Waals surface area contributed by atoms with Crippen LogP contribution in [0.15, 0.2) is 35.2 Å². The summed E-state index contributed by atoms with van der Waals surface area (Å²) in [5.41, 5.74) is 2.12. The summed E-state index contributed by atoms with van der Waals surface area (Å²) < 4.78 is 11.5. The Hall–Kier alpha value is -2.26. The molecule has 0 aromatic heterocycles. The summed E-state index contributed by atoms with van der Waals surface area (Å²) in [5, 5.41) is 3.52. The first-order chi connectivity index (χ1) is 15.2. The Bertz CT molecular complexity index is 1120. The lowest BCUT2D eigenvalue weighted by molar-refractivity contribution is -0.122. The molecule has 0 spiro atoms.